The average Bonchev–Trinajstić information content (AvgIpc) is 2.73. The molecular formula is C16H12BrNO3. The summed E-state index contributed by atoms with van der Waals surface area (Å²) in [6.07, 6.45) is -0.892. The van der Waals surface area contributed by atoms with E-state index >= 15 is 0 Å². The van der Waals surface area contributed by atoms with Crippen molar-refractivity contribution in [1.82, 2.24) is 4.90 Å². The summed E-state index contributed by atoms with van der Waals surface area (Å²) in [5.41, 5.74) is 1.42. The number of halogens is 1. The van der Waals surface area contributed by atoms with Gasteiger partial charge in [0.2, 0.25) is 0 Å². The van der Waals surface area contributed by atoms with Crippen molar-refractivity contribution in [3.8, 4) is 0 Å². The van der Waals surface area contributed by atoms with Gasteiger partial charge in [-0.05, 0) is 23.8 Å². The van der Waals surface area contributed by atoms with E-state index in [0.717, 1.165) is 9.37 Å². The highest BCUT2D eigenvalue weighted by atomic mass is 79.9. The maximum atomic E-state index is 12.3. The van der Waals surface area contributed by atoms with Crippen LogP contribution in [0.2, 0.25) is 0 Å². The predicted molar refractivity (Wildman–Crippen MR) is 80.9 cm³/mol. The van der Waals surface area contributed by atoms with E-state index in [2.05, 4.69) is 15.9 Å². The number of hydrogen-bond acceptors (Lipinski definition) is 3. The Balaban J connectivity index is 1.85. The van der Waals surface area contributed by atoms with Gasteiger partial charge >= 0.3 is 0 Å². The molecule has 5 heteroatoms. The highest BCUT2D eigenvalue weighted by molar-refractivity contribution is 9.10. The Labute approximate surface area is 130 Å². The molecule has 1 aliphatic heterocycles. The van der Waals surface area contributed by atoms with Crippen LogP contribution in [-0.2, 0) is 0 Å². The normalized spacial score (nSPS) is 15.2. The third-order valence-electron chi connectivity index (χ3n) is 3.47. The summed E-state index contributed by atoms with van der Waals surface area (Å²) in [4.78, 5) is 25.7. The first kappa shape index (κ1) is 14.0. The number of hydrogen-bond donors (Lipinski definition) is 1. The molecule has 106 valence electrons. The fraction of sp³-hybridized carbons (Fsp3) is 0.125. The van der Waals surface area contributed by atoms with Gasteiger partial charge in [0, 0.05) is 4.47 Å². The summed E-state index contributed by atoms with van der Waals surface area (Å²) in [7, 11) is 0. The van der Waals surface area contributed by atoms with Crippen LogP contribution in [0.1, 0.15) is 32.4 Å². The van der Waals surface area contributed by atoms with Crippen molar-refractivity contribution in [3.63, 3.8) is 0 Å². The SMILES string of the molecule is O=C1c2ccc(Br)cc2C(=O)N1CC(O)c1ccccc1. The Morgan fingerprint density at radius 2 is 1.67 bits per heavy atom. The van der Waals surface area contributed by atoms with Crippen molar-refractivity contribution in [2.24, 2.45) is 0 Å². The van der Waals surface area contributed by atoms with Gasteiger partial charge in [-0.2, -0.15) is 0 Å². The molecule has 0 fully saturated rings. The van der Waals surface area contributed by atoms with Crippen molar-refractivity contribution in [3.05, 3.63) is 69.7 Å². The minimum Gasteiger partial charge on any atom is -0.387 e. The minimum atomic E-state index is -0.892. The van der Waals surface area contributed by atoms with Crippen LogP contribution in [0.3, 0.4) is 0 Å². The molecule has 0 saturated heterocycles. The highest BCUT2D eigenvalue weighted by Crippen LogP contribution is 2.27. The van der Waals surface area contributed by atoms with Crippen molar-refractivity contribution in [1.29, 1.82) is 0 Å². The lowest BCUT2D eigenvalue weighted by Gasteiger charge is -2.18. The van der Waals surface area contributed by atoms with Gasteiger partial charge in [-0.1, -0.05) is 46.3 Å². The standard InChI is InChI=1S/C16H12BrNO3/c17-11-6-7-12-13(8-11)16(21)18(15(12)20)9-14(19)10-4-2-1-3-5-10/h1-8,14,19H,9H2. The van der Waals surface area contributed by atoms with Crippen molar-refractivity contribution in [2.45, 2.75) is 6.10 Å². The molecular weight excluding hydrogens is 334 g/mol. The number of β-amino-alcohol motifs (C(OH)–C–C–N with tert-alkyl or cyclic N) is 1. The number of carbonyl (C=O) groups is 2. The molecule has 1 heterocycles. The molecule has 2 aromatic carbocycles. The lowest BCUT2D eigenvalue weighted by molar-refractivity contribution is 0.0543. The number of carbonyl (C=O) groups excluding carboxylic acids is 2. The number of imide groups is 1. The molecule has 1 atom stereocenters. The fourth-order valence-electron chi connectivity index (χ4n) is 2.38. The zero-order valence-corrected chi connectivity index (χ0v) is 12.6. The smallest absolute Gasteiger partial charge is 0.261 e. The van der Waals surface area contributed by atoms with Crippen molar-refractivity contribution < 1.29 is 14.7 Å². The summed E-state index contributed by atoms with van der Waals surface area (Å²) >= 11 is 3.29. The molecule has 0 saturated carbocycles. The third kappa shape index (κ3) is 2.50. The van der Waals surface area contributed by atoms with E-state index in [0.29, 0.717) is 16.7 Å². The molecule has 2 amide bonds. The van der Waals surface area contributed by atoms with Crippen LogP contribution in [0.15, 0.2) is 53.0 Å². The Morgan fingerprint density at radius 3 is 2.38 bits per heavy atom. The molecule has 3 rings (SSSR count). The number of aliphatic hydroxyl groups is 1. The Kier molecular flexibility index (Phi) is 3.61. The van der Waals surface area contributed by atoms with Crippen LogP contribution in [-0.4, -0.2) is 28.4 Å². The lowest BCUT2D eigenvalue weighted by Crippen LogP contribution is -2.33. The number of rotatable bonds is 3. The van der Waals surface area contributed by atoms with Crippen LogP contribution in [0.4, 0.5) is 0 Å². The maximum absolute atomic E-state index is 12.3. The number of amides is 2. The largest absolute Gasteiger partial charge is 0.387 e. The topological polar surface area (TPSA) is 57.6 Å². The van der Waals surface area contributed by atoms with Gasteiger partial charge in [0.1, 0.15) is 0 Å². The number of fused-ring (bicyclic) bond motifs is 1. The lowest BCUT2D eigenvalue weighted by atomic mass is 10.1. The third-order valence-corrected chi connectivity index (χ3v) is 3.97. The zero-order chi connectivity index (χ0) is 15.0. The number of benzene rings is 2. The van der Waals surface area contributed by atoms with Gasteiger partial charge in [-0.25, -0.2) is 0 Å². The van der Waals surface area contributed by atoms with Crippen molar-refractivity contribution >= 4 is 27.7 Å². The van der Waals surface area contributed by atoms with E-state index in [1.54, 1.807) is 42.5 Å². The minimum absolute atomic E-state index is 0.0476. The van der Waals surface area contributed by atoms with E-state index in [-0.39, 0.29) is 18.4 Å². The van der Waals surface area contributed by atoms with E-state index in [1.165, 1.54) is 0 Å². The van der Waals surface area contributed by atoms with Crippen LogP contribution < -0.4 is 0 Å². The molecule has 0 aromatic heterocycles. The van der Waals surface area contributed by atoms with E-state index in [9.17, 15) is 14.7 Å². The van der Waals surface area contributed by atoms with Gasteiger partial charge in [-0.3, -0.25) is 14.5 Å². The van der Waals surface area contributed by atoms with E-state index < -0.39 is 6.10 Å². The highest BCUT2D eigenvalue weighted by Gasteiger charge is 2.36. The Morgan fingerprint density at radius 1 is 1.00 bits per heavy atom. The number of aliphatic hydroxyl groups excluding tert-OH is 1. The van der Waals surface area contributed by atoms with Gasteiger partial charge in [0.15, 0.2) is 0 Å². The number of nitrogens with zero attached hydrogens (tertiary/aromatic N) is 1. The van der Waals surface area contributed by atoms with E-state index in [1.807, 2.05) is 6.07 Å². The molecule has 0 aliphatic carbocycles. The second-order valence-corrected chi connectivity index (χ2v) is 5.75. The van der Waals surface area contributed by atoms with E-state index in [4.69, 9.17) is 0 Å². The monoisotopic (exact) mass is 345 g/mol. The second kappa shape index (κ2) is 5.42. The summed E-state index contributed by atoms with van der Waals surface area (Å²) < 4.78 is 0.743. The molecule has 1 unspecified atom stereocenters. The van der Waals surface area contributed by atoms with Crippen LogP contribution in [0.5, 0.6) is 0 Å². The average molecular weight is 346 g/mol. The van der Waals surface area contributed by atoms with Gasteiger partial charge < -0.3 is 5.11 Å². The first-order valence-electron chi connectivity index (χ1n) is 6.46. The van der Waals surface area contributed by atoms with Gasteiger partial charge in [0.25, 0.3) is 11.8 Å². The molecule has 1 aliphatic rings. The summed E-state index contributed by atoms with van der Waals surface area (Å²) in [6, 6.07) is 13.9. The van der Waals surface area contributed by atoms with Crippen molar-refractivity contribution in [2.75, 3.05) is 6.54 Å². The molecule has 0 bridgehead atoms. The van der Waals surface area contributed by atoms with Crippen LogP contribution in [0, 0.1) is 0 Å². The maximum Gasteiger partial charge on any atom is 0.261 e. The molecule has 1 N–H and O–H groups in total. The summed E-state index contributed by atoms with van der Waals surface area (Å²) in [5, 5.41) is 10.2. The summed E-state index contributed by atoms with van der Waals surface area (Å²) in [5.74, 6) is -0.733. The first-order chi connectivity index (χ1) is 10.1. The summed E-state index contributed by atoms with van der Waals surface area (Å²) in [6.45, 7) is -0.0476. The van der Waals surface area contributed by atoms with Crippen LogP contribution in [0.25, 0.3) is 0 Å². The Bertz CT molecular complexity index is 715. The second-order valence-electron chi connectivity index (χ2n) is 4.84. The molecule has 2 aromatic rings. The Hall–Kier alpha value is -1.98. The molecule has 0 radical (unpaired) electrons. The molecule has 0 spiro atoms. The fourth-order valence-corrected chi connectivity index (χ4v) is 2.74. The quantitative estimate of drug-likeness (QED) is 0.870. The van der Waals surface area contributed by atoms with Gasteiger partial charge in [-0.15, -0.1) is 0 Å². The van der Waals surface area contributed by atoms with Gasteiger partial charge in [0.05, 0.1) is 23.8 Å². The molecule has 4 nitrogen and oxygen atoms in total. The zero-order valence-electron chi connectivity index (χ0n) is 11.0. The van der Waals surface area contributed by atoms with Crippen LogP contribution >= 0.6 is 15.9 Å². The predicted octanol–water partition coefficient (Wildman–Crippen LogP) is 2.78. The first-order valence-corrected chi connectivity index (χ1v) is 7.26. The molecule has 21 heavy (non-hydrogen) atoms.